The summed E-state index contributed by atoms with van der Waals surface area (Å²) in [6.45, 7) is 1.34. The van der Waals surface area contributed by atoms with Gasteiger partial charge in [0.05, 0.1) is 6.10 Å². The number of rotatable bonds is 5. The van der Waals surface area contributed by atoms with Crippen LogP contribution in [0.3, 0.4) is 0 Å². The maximum Gasteiger partial charge on any atom is 0.0575 e. The predicted octanol–water partition coefficient (Wildman–Crippen LogP) is 3.52. The average molecular weight is 240 g/mol. The van der Waals surface area contributed by atoms with E-state index >= 15 is 0 Å². The number of hydrogen-bond acceptors (Lipinski definition) is 2. The van der Waals surface area contributed by atoms with E-state index < -0.39 is 0 Å². The van der Waals surface area contributed by atoms with Crippen LogP contribution in [-0.4, -0.2) is 24.4 Å². The standard InChI is InChI=1S/C15H28O2/c16-12-14-6-8-15(9-7-14)17-11-10-13-4-2-1-3-5-13/h13-16H,1-12H2. The van der Waals surface area contributed by atoms with Gasteiger partial charge in [0, 0.05) is 13.2 Å². The van der Waals surface area contributed by atoms with E-state index in [1.54, 1.807) is 0 Å². The molecule has 0 aromatic heterocycles. The van der Waals surface area contributed by atoms with Crippen LogP contribution in [-0.2, 0) is 4.74 Å². The van der Waals surface area contributed by atoms with Crippen molar-refractivity contribution in [3.8, 4) is 0 Å². The molecule has 1 N–H and O–H groups in total. The largest absolute Gasteiger partial charge is 0.396 e. The summed E-state index contributed by atoms with van der Waals surface area (Å²) < 4.78 is 6.00. The summed E-state index contributed by atoms with van der Waals surface area (Å²) in [5.41, 5.74) is 0. The van der Waals surface area contributed by atoms with Crippen LogP contribution in [0.25, 0.3) is 0 Å². The van der Waals surface area contributed by atoms with Crippen molar-refractivity contribution in [1.29, 1.82) is 0 Å². The van der Waals surface area contributed by atoms with Gasteiger partial charge in [-0.15, -0.1) is 0 Å². The van der Waals surface area contributed by atoms with Crippen molar-refractivity contribution in [1.82, 2.24) is 0 Å². The molecular weight excluding hydrogens is 212 g/mol. The second-order valence-electron chi connectivity index (χ2n) is 5.99. The lowest BCUT2D eigenvalue weighted by Gasteiger charge is -2.28. The molecule has 2 rings (SSSR count). The Hall–Kier alpha value is -0.0800. The normalized spacial score (nSPS) is 31.6. The minimum absolute atomic E-state index is 0.370. The third kappa shape index (κ3) is 4.59. The minimum Gasteiger partial charge on any atom is -0.396 e. The maximum absolute atomic E-state index is 9.08. The average Bonchev–Trinajstić information content (AvgIpc) is 2.41. The van der Waals surface area contributed by atoms with Crippen molar-refractivity contribution < 1.29 is 9.84 Å². The zero-order valence-corrected chi connectivity index (χ0v) is 11.1. The Morgan fingerprint density at radius 1 is 0.824 bits per heavy atom. The number of aliphatic hydroxyl groups is 1. The Labute approximate surface area is 106 Å². The van der Waals surface area contributed by atoms with E-state index in [2.05, 4.69) is 0 Å². The van der Waals surface area contributed by atoms with Crippen LogP contribution in [0, 0.1) is 11.8 Å². The Bertz CT molecular complexity index is 191. The summed E-state index contributed by atoms with van der Waals surface area (Å²) in [5, 5.41) is 9.08. The summed E-state index contributed by atoms with van der Waals surface area (Å²) in [6.07, 6.45) is 13.6. The van der Waals surface area contributed by atoms with Gasteiger partial charge in [-0.25, -0.2) is 0 Å². The summed E-state index contributed by atoms with van der Waals surface area (Å²) in [7, 11) is 0. The molecule has 0 radical (unpaired) electrons. The molecule has 0 atom stereocenters. The van der Waals surface area contributed by atoms with E-state index in [0.29, 0.717) is 18.6 Å². The molecule has 17 heavy (non-hydrogen) atoms. The Balaban J connectivity index is 1.53. The molecule has 0 saturated heterocycles. The third-order valence-electron chi connectivity index (χ3n) is 4.66. The van der Waals surface area contributed by atoms with E-state index in [0.717, 1.165) is 38.2 Å². The molecule has 0 aliphatic heterocycles. The molecule has 2 aliphatic carbocycles. The van der Waals surface area contributed by atoms with Crippen LogP contribution in [0.4, 0.5) is 0 Å². The second-order valence-corrected chi connectivity index (χ2v) is 5.99. The van der Waals surface area contributed by atoms with E-state index in [-0.39, 0.29) is 0 Å². The highest BCUT2D eigenvalue weighted by Gasteiger charge is 2.21. The van der Waals surface area contributed by atoms with Gasteiger partial charge in [-0.1, -0.05) is 32.1 Å². The molecule has 0 bridgehead atoms. The molecule has 0 amide bonds. The van der Waals surface area contributed by atoms with Gasteiger partial charge in [0.25, 0.3) is 0 Å². The fraction of sp³-hybridized carbons (Fsp3) is 1.00. The van der Waals surface area contributed by atoms with Crippen LogP contribution in [0.15, 0.2) is 0 Å². The molecule has 2 saturated carbocycles. The summed E-state index contributed by atoms with van der Waals surface area (Å²) in [5.74, 6) is 1.49. The van der Waals surface area contributed by atoms with Gasteiger partial charge in [-0.2, -0.15) is 0 Å². The molecule has 2 aliphatic rings. The number of hydrogen-bond donors (Lipinski definition) is 1. The van der Waals surface area contributed by atoms with E-state index in [9.17, 15) is 0 Å². The molecule has 0 heterocycles. The lowest BCUT2D eigenvalue weighted by Crippen LogP contribution is -2.24. The first-order valence-electron chi connectivity index (χ1n) is 7.61. The number of ether oxygens (including phenoxy) is 1. The van der Waals surface area contributed by atoms with Gasteiger partial charge < -0.3 is 9.84 Å². The smallest absolute Gasteiger partial charge is 0.0575 e. The van der Waals surface area contributed by atoms with Crippen molar-refractivity contribution in [3.05, 3.63) is 0 Å². The first kappa shape index (κ1) is 13.4. The van der Waals surface area contributed by atoms with Crippen LogP contribution in [0.1, 0.15) is 64.2 Å². The van der Waals surface area contributed by atoms with Crippen LogP contribution in [0.5, 0.6) is 0 Å². The highest BCUT2D eigenvalue weighted by molar-refractivity contribution is 4.72. The first-order chi connectivity index (χ1) is 8.38. The van der Waals surface area contributed by atoms with Crippen molar-refractivity contribution in [2.45, 2.75) is 70.3 Å². The minimum atomic E-state index is 0.370. The molecule has 0 unspecified atom stereocenters. The molecule has 0 aromatic rings. The molecule has 2 fully saturated rings. The van der Waals surface area contributed by atoms with Crippen LogP contribution < -0.4 is 0 Å². The topological polar surface area (TPSA) is 29.5 Å². The first-order valence-corrected chi connectivity index (χ1v) is 7.61. The molecule has 100 valence electrons. The summed E-state index contributed by atoms with van der Waals surface area (Å²) >= 11 is 0. The van der Waals surface area contributed by atoms with Crippen molar-refractivity contribution in [3.63, 3.8) is 0 Å². The van der Waals surface area contributed by atoms with Gasteiger partial charge in [0.2, 0.25) is 0 Å². The lowest BCUT2D eigenvalue weighted by atomic mass is 9.87. The molecule has 2 heteroatoms. The summed E-state index contributed by atoms with van der Waals surface area (Å²) in [6, 6.07) is 0. The predicted molar refractivity (Wildman–Crippen MR) is 70.0 cm³/mol. The number of aliphatic hydroxyl groups excluding tert-OH is 1. The van der Waals surface area contributed by atoms with Gasteiger partial charge in [0.1, 0.15) is 0 Å². The lowest BCUT2D eigenvalue weighted by molar-refractivity contribution is 0.00395. The van der Waals surface area contributed by atoms with Crippen molar-refractivity contribution in [2.24, 2.45) is 11.8 Å². The molecule has 0 aromatic carbocycles. The zero-order chi connectivity index (χ0) is 11.9. The van der Waals surface area contributed by atoms with Crippen LogP contribution in [0.2, 0.25) is 0 Å². The molecular formula is C15H28O2. The molecule has 0 spiro atoms. The van der Waals surface area contributed by atoms with Gasteiger partial charge in [-0.05, 0) is 43.9 Å². The highest BCUT2D eigenvalue weighted by Crippen LogP contribution is 2.28. The zero-order valence-electron chi connectivity index (χ0n) is 11.1. The van der Waals surface area contributed by atoms with E-state index in [1.165, 1.54) is 38.5 Å². The van der Waals surface area contributed by atoms with E-state index in [4.69, 9.17) is 9.84 Å². The Morgan fingerprint density at radius 2 is 1.53 bits per heavy atom. The van der Waals surface area contributed by atoms with E-state index in [1.807, 2.05) is 0 Å². The highest BCUT2D eigenvalue weighted by atomic mass is 16.5. The monoisotopic (exact) mass is 240 g/mol. The summed E-state index contributed by atoms with van der Waals surface area (Å²) in [4.78, 5) is 0. The quantitative estimate of drug-likeness (QED) is 0.796. The fourth-order valence-corrected chi connectivity index (χ4v) is 3.36. The molecule has 2 nitrogen and oxygen atoms in total. The van der Waals surface area contributed by atoms with Crippen LogP contribution >= 0.6 is 0 Å². The van der Waals surface area contributed by atoms with Gasteiger partial charge in [-0.3, -0.25) is 0 Å². The SMILES string of the molecule is OCC1CCC(OCCC2CCCCC2)CC1. The Kier molecular flexibility index (Phi) is 5.79. The third-order valence-corrected chi connectivity index (χ3v) is 4.66. The van der Waals surface area contributed by atoms with Gasteiger partial charge in [0.15, 0.2) is 0 Å². The maximum atomic E-state index is 9.08. The van der Waals surface area contributed by atoms with Crippen molar-refractivity contribution in [2.75, 3.05) is 13.2 Å². The fourth-order valence-electron chi connectivity index (χ4n) is 3.36. The Morgan fingerprint density at radius 3 is 2.18 bits per heavy atom. The van der Waals surface area contributed by atoms with Crippen molar-refractivity contribution >= 4 is 0 Å². The van der Waals surface area contributed by atoms with Gasteiger partial charge >= 0.3 is 0 Å². The second kappa shape index (κ2) is 7.38.